The monoisotopic (exact) mass is 147 g/mol. The van der Waals surface area contributed by atoms with Crippen LogP contribution in [0.3, 0.4) is 0 Å². The average molecular weight is 147 g/mol. The average Bonchev–Trinajstić information content (AvgIpc) is 2.68. The fourth-order valence-electron chi connectivity index (χ4n) is 1.58. The van der Waals surface area contributed by atoms with E-state index in [0.717, 1.165) is 0 Å². The van der Waals surface area contributed by atoms with Crippen molar-refractivity contribution in [1.82, 2.24) is 0 Å². The Morgan fingerprint density at radius 1 is 1.36 bits per heavy atom. The van der Waals surface area contributed by atoms with Crippen LogP contribution in [0.5, 0.6) is 0 Å². The molecule has 0 aromatic heterocycles. The van der Waals surface area contributed by atoms with E-state index >= 15 is 0 Å². The summed E-state index contributed by atoms with van der Waals surface area (Å²) in [5, 5.41) is 0. The van der Waals surface area contributed by atoms with Gasteiger partial charge in [-0.05, 0) is 24.5 Å². The Balaban J connectivity index is 2.31. The van der Waals surface area contributed by atoms with Crippen molar-refractivity contribution >= 4 is 0 Å². The molecular formula is C10H13N. The van der Waals surface area contributed by atoms with Gasteiger partial charge in [-0.1, -0.05) is 24.3 Å². The Hall–Kier alpha value is -0.820. The molecule has 1 fully saturated rings. The molecule has 1 unspecified atom stereocenters. The molecule has 1 aromatic rings. The predicted octanol–water partition coefficient (Wildman–Crippen LogP) is 1.81. The topological polar surface area (TPSA) is 26.0 Å². The van der Waals surface area contributed by atoms with E-state index in [1.807, 2.05) is 0 Å². The standard InChI is InChI=1S/C10H13N/c1-7-4-2-3-5-8(7)9-6-10(9)11/h2-5,9-10H,6,11H2,1H3/t9?,10-/m1/s1. The predicted molar refractivity (Wildman–Crippen MR) is 46.5 cm³/mol. The summed E-state index contributed by atoms with van der Waals surface area (Å²) >= 11 is 0. The molecule has 2 N–H and O–H groups in total. The minimum Gasteiger partial charge on any atom is -0.327 e. The second-order valence-corrected chi connectivity index (χ2v) is 3.36. The van der Waals surface area contributed by atoms with Crippen LogP contribution in [-0.2, 0) is 0 Å². The van der Waals surface area contributed by atoms with Crippen LogP contribution in [0.1, 0.15) is 23.5 Å². The minimum absolute atomic E-state index is 0.427. The van der Waals surface area contributed by atoms with E-state index < -0.39 is 0 Å². The zero-order chi connectivity index (χ0) is 7.84. The van der Waals surface area contributed by atoms with Crippen molar-refractivity contribution in [1.29, 1.82) is 0 Å². The van der Waals surface area contributed by atoms with Crippen LogP contribution in [0, 0.1) is 6.92 Å². The summed E-state index contributed by atoms with van der Waals surface area (Å²) in [5.41, 5.74) is 8.59. The normalized spacial score (nSPS) is 28.5. The van der Waals surface area contributed by atoms with E-state index in [1.54, 1.807) is 0 Å². The summed E-state index contributed by atoms with van der Waals surface area (Å²) in [6.07, 6.45) is 1.17. The lowest BCUT2D eigenvalue weighted by Crippen LogP contribution is -2.01. The Morgan fingerprint density at radius 2 is 2.00 bits per heavy atom. The van der Waals surface area contributed by atoms with Crippen molar-refractivity contribution in [3.05, 3.63) is 35.4 Å². The van der Waals surface area contributed by atoms with E-state index in [-0.39, 0.29) is 0 Å². The maximum Gasteiger partial charge on any atom is 0.0115 e. The fraction of sp³-hybridized carbons (Fsp3) is 0.400. The number of benzene rings is 1. The second-order valence-electron chi connectivity index (χ2n) is 3.36. The van der Waals surface area contributed by atoms with E-state index in [0.29, 0.717) is 12.0 Å². The lowest BCUT2D eigenvalue weighted by molar-refractivity contribution is 0.980. The highest BCUT2D eigenvalue weighted by atomic mass is 14.7. The number of aryl methyl sites for hydroxylation is 1. The third kappa shape index (κ3) is 1.16. The minimum atomic E-state index is 0.427. The maximum absolute atomic E-state index is 5.77. The molecule has 0 amide bonds. The molecule has 0 saturated heterocycles. The van der Waals surface area contributed by atoms with E-state index in [9.17, 15) is 0 Å². The highest BCUT2D eigenvalue weighted by Crippen LogP contribution is 2.40. The second kappa shape index (κ2) is 2.35. The molecule has 1 aromatic carbocycles. The summed E-state index contributed by atoms with van der Waals surface area (Å²) in [6, 6.07) is 8.93. The van der Waals surface area contributed by atoms with Crippen LogP contribution in [-0.4, -0.2) is 6.04 Å². The van der Waals surface area contributed by atoms with Crippen molar-refractivity contribution in [2.75, 3.05) is 0 Å². The van der Waals surface area contributed by atoms with Gasteiger partial charge in [0.25, 0.3) is 0 Å². The molecule has 0 aliphatic heterocycles. The van der Waals surface area contributed by atoms with Gasteiger partial charge in [0.15, 0.2) is 0 Å². The lowest BCUT2D eigenvalue weighted by atomic mass is 10.0. The van der Waals surface area contributed by atoms with Crippen molar-refractivity contribution < 1.29 is 0 Å². The van der Waals surface area contributed by atoms with Gasteiger partial charge in [0, 0.05) is 12.0 Å². The van der Waals surface area contributed by atoms with Gasteiger partial charge >= 0.3 is 0 Å². The molecule has 1 aliphatic carbocycles. The third-order valence-electron chi connectivity index (χ3n) is 2.43. The van der Waals surface area contributed by atoms with E-state index in [4.69, 9.17) is 5.73 Å². The smallest absolute Gasteiger partial charge is 0.0115 e. The van der Waals surface area contributed by atoms with Crippen molar-refractivity contribution in [3.8, 4) is 0 Å². The Bertz CT molecular complexity index is 267. The van der Waals surface area contributed by atoms with Gasteiger partial charge in [-0.15, -0.1) is 0 Å². The zero-order valence-electron chi connectivity index (χ0n) is 6.75. The molecule has 0 heterocycles. The van der Waals surface area contributed by atoms with Crippen LogP contribution in [0.4, 0.5) is 0 Å². The first-order valence-corrected chi connectivity index (χ1v) is 4.10. The van der Waals surface area contributed by atoms with Crippen LogP contribution in [0.2, 0.25) is 0 Å². The molecule has 58 valence electrons. The molecule has 0 bridgehead atoms. The van der Waals surface area contributed by atoms with Gasteiger partial charge in [-0.3, -0.25) is 0 Å². The van der Waals surface area contributed by atoms with Gasteiger partial charge in [0.2, 0.25) is 0 Å². The largest absolute Gasteiger partial charge is 0.327 e. The molecule has 1 saturated carbocycles. The van der Waals surface area contributed by atoms with Crippen LogP contribution >= 0.6 is 0 Å². The van der Waals surface area contributed by atoms with Crippen molar-refractivity contribution in [2.24, 2.45) is 5.73 Å². The van der Waals surface area contributed by atoms with Crippen LogP contribution < -0.4 is 5.73 Å². The first kappa shape index (κ1) is 6.86. The van der Waals surface area contributed by atoms with Gasteiger partial charge in [0.05, 0.1) is 0 Å². The number of hydrogen-bond acceptors (Lipinski definition) is 1. The molecule has 1 heteroatoms. The van der Waals surface area contributed by atoms with Crippen LogP contribution in [0.25, 0.3) is 0 Å². The quantitative estimate of drug-likeness (QED) is 0.644. The summed E-state index contributed by atoms with van der Waals surface area (Å²) in [7, 11) is 0. The van der Waals surface area contributed by atoms with E-state index in [1.165, 1.54) is 17.5 Å². The van der Waals surface area contributed by atoms with Crippen molar-refractivity contribution in [3.63, 3.8) is 0 Å². The summed E-state index contributed by atoms with van der Waals surface area (Å²) in [5.74, 6) is 0.649. The van der Waals surface area contributed by atoms with Gasteiger partial charge in [-0.2, -0.15) is 0 Å². The number of nitrogens with two attached hydrogens (primary N) is 1. The Kier molecular flexibility index (Phi) is 1.46. The van der Waals surface area contributed by atoms with Gasteiger partial charge in [-0.25, -0.2) is 0 Å². The molecule has 11 heavy (non-hydrogen) atoms. The molecule has 1 nitrogen and oxygen atoms in total. The number of hydrogen-bond donors (Lipinski definition) is 1. The van der Waals surface area contributed by atoms with Crippen LogP contribution in [0.15, 0.2) is 24.3 Å². The molecule has 2 atom stereocenters. The highest BCUT2D eigenvalue weighted by molar-refractivity contribution is 5.34. The first-order chi connectivity index (χ1) is 5.29. The molecule has 0 radical (unpaired) electrons. The maximum atomic E-state index is 5.77. The zero-order valence-corrected chi connectivity index (χ0v) is 6.75. The summed E-state index contributed by atoms with van der Waals surface area (Å²) in [6.45, 7) is 2.15. The van der Waals surface area contributed by atoms with E-state index in [2.05, 4.69) is 31.2 Å². The molecule has 1 aliphatic rings. The summed E-state index contributed by atoms with van der Waals surface area (Å²) in [4.78, 5) is 0. The number of rotatable bonds is 1. The SMILES string of the molecule is Cc1ccccc1C1C[C@H]1N. The van der Waals surface area contributed by atoms with Crippen molar-refractivity contribution in [2.45, 2.75) is 25.3 Å². The van der Waals surface area contributed by atoms with Gasteiger partial charge < -0.3 is 5.73 Å². The molecule has 2 rings (SSSR count). The Labute approximate surface area is 67.2 Å². The first-order valence-electron chi connectivity index (χ1n) is 4.10. The third-order valence-corrected chi connectivity index (χ3v) is 2.43. The van der Waals surface area contributed by atoms with Gasteiger partial charge in [0.1, 0.15) is 0 Å². The molecular weight excluding hydrogens is 134 g/mol. The fourth-order valence-corrected chi connectivity index (χ4v) is 1.58. The summed E-state index contributed by atoms with van der Waals surface area (Å²) < 4.78 is 0. The molecule has 0 spiro atoms. The Morgan fingerprint density at radius 3 is 2.55 bits per heavy atom. The lowest BCUT2D eigenvalue weighted by Gasteiger charge is -2.01. The highest BCUT2D eigenvalue weighted by Gasteiger charge is 2.35.